The van der Waals surface area contributed by atoms with Crippen molar-refractivity contribution >= 4 is 0 Å². The molecule has 134 valence electrons. The monoisotopic (exact) mass is 348 g/mol. The van der Waals surface area contributed by atoms with Gasteiger partial charge in [-0.1, -0.05) is 93.4 Å². The largest absolute Gasteiger partial charge is 1.00 e. The molecule has 0 aliphatic carbocycles. The van der Waals surface area contributed by atoms with Crippen LogP contribution >= 0.6 is 0 Å². The van der Waals surface area contributed by atoms with Crippen LogP contribution in [-0.4, -0.2) is 0 Å². The molecule has 3 aromatic rings. The van der Waals surface area contributed by atoms with Gasteiger partial charge in [0.2, 0.25) is 0 Å². The Morgan fingerprint density at radius 2 is 1.19 bits per heavy atom. The molecule has 0 aromatic heterocycles. The topological polar surface area (TPSA) is 0 Å². The van der Waals surface area contributed by atoms with E-state index in [9.17, 15) is 0 Å². The summed E-state index contributed by atoms with van der Waals surface area (Å²) in [7, 11) is 0. The molecule has 0 fully saturated rings. The number of hydrogen-bond donors (Lipinski definition) is 0. The van der Waals surface area contributed by atoms with Crippen molar-refractivity contribution in [2.45, 2.75) is 38.5 Å². The summed E-state index contributed by atoms with van der Waals surface area (Å²) in [5.41, 5.74) is 4.14. The van der Waals surface area contributed by atoms with Crippen LogP contribution in [0.25, 0.3) is 0 Å². The fourth-order valence-electron chi connectivity index (χ4n) is 3.86. The van der Waals surface area contributed by atoms with Crippen LogP contribution in [0.5, 0.6) is 0 Å². The summed E-state index contributed by atoms with van der Waals surface area (Å²) in [6.45, 7) is 4.68. The van der Waals surface area contributed by atoms with Crippen LogP contribution in [0.15, 0.2) is 91.0 Å². The first-order chi connectivity index (χ1) is 12.7. The zero-order valence-corrected chi connectivity index (χ0v) is 16.9. The Kier molecular flexibility index (Phi) is 8.30. The van der Waals surface area contributed by atoms with Crippen LogP contribution in [0.1, 0.15) is 49.8 Å². The van der Waals surface area contributed by atoms with E-state index in [4.69, 9.17) is 0 Å². The smallest absolute Gasteiger partial charge is 0.192 e. The number of hydrogen-bond acceptors (Lipinski definition) is 0. The molecule has 0 saturated carbocycles. The summed E-state index contributed by atoms with van der Waals surface area (Å²) in [6.07, 6.45) is 5.77. The standard InChI is InChI=1S/C26H29.Li/c1-3-22(2)21-26(24-15-9-5-10-16-24,25-17-11-6-12-18-25)20-19-23-13-7-4-8-14-23;/h4-19,22H,3,20-21H2,1-2H3;/q-1;+1. The zero-order valence-electron chi connectivity index (χ0n) is 16.9. The van der Waals surface area contributed by atoms with Crippen molar-refractivity contribution in [3.63, 3.8) is 0 Å². The maximum atomic E-state index is 2.41. The van der Waals surface area contributed by atoms with Gasteiger partial charge in [0.25, 0.3) is 0 Å². The van der Waals surface area contributed by atoms with Crippen LogP contribution in [0.4, 0.5) is 0 Å². The van der Waals surface area contributed by atoms with Gasteiger partial charge in [-0.25, -0.2) is 0 Å². The molecule has 1 unspecified atom stereocenters. The van der Waals surface area contributed by atoms with E-state index >= 15 is 0 Å². The van der Waals surface area contributed by atoms with Crippen LogP contribution in [0.2, 0.25) is 0 Å². The molecule has 0 radical (unpaired) electrons. The molecule has 0 spiro atoms. The normalized spacial score (nSPS) is 12.1. The predicted molar refractivity (Wildman–Crippen MR) is 112 cm³/mol. The molecule has 3 rings (SSSR count). The Morgan fingerprint density at radius 3 is 1.63 bits per heavy atom. The SMILES string of the molecule is CCC(C)CC(C[CH-]c1ccccc1)(c1ccccc1)c1ccccc1.[Li+]. The van der Waals surface area contributed by atoms with E-state index in [0.717, 1.165) is 12.8 Å². The van der Waals surface area contributed by atoms with Crippen LogP contribution in [0, 0.1) is 12.3 Å². The van der Waals surface area contributed by atoms with Gasteiger partial charge in [0.1, 0.15) is 0 Å². The Balaban J connectivity index is 0.00000261. The van der Waals surface area contributed by atoms with Gasteiger partial charge in [-0.15, -0.1) is 12.1 Å². The Morgan fingerprint density at radius 1 is 0.741 bits per heavy atom. The van der Waals surface area contributed by atoms with Gasteiger partial charge < -0.3 is 0 Å². The molecular weight excluding hydrogens is 319 g/mol. The molecule has 1 heteroatoms. The van der Waals surface area contributed by atoms with Crippen molar-refractivity contribution in [1.29, 1.82) is 0 Å². The van der Waals surface area contributed by atoms with Crippen molar-refractivity contribution in [2.75, 3.05) is 0 Å². The Labute approximate surface area is 177 Å². The van der Waals surface area contributed by atoms with Gasteiger partial charge in [-0.05, 0) is 23.5 Å². The van der Waals surface area contributed by atoms with Gasteiger partial charge >= 0.3 is 18.9 Å². The summed E-state index contributed by atoms with van der Waals surface area (Å²) in [6, 6.07) is 32.8. The van der Waals surface area contributed by atoms with Gasteiger partial charge in [0.15, 0.2) is 0 Å². The van der Waals surface area contributed by atoms with E-state index in [1.165, 1.54) is 23.1 Å². The number of rotatable bonds is 8. The second kappa shape index (κ2) is 10.5. The molecule has 0 saturated heterocycles. The first-order valence-electron chi connectivity index (χ1n) is 9.74. The van der Waals surface area contributed by atoms with Gasteiger partial charge in [0, 0.05) is 5.41 Å². The first-order valence-corrected chi connectivity index (χ1v) is 9.74. The minimum absolute atomic E-state index is 0. The van der Waals surface area contributed by atoms with Crippen molar-refractivity contribution in [3.05, 3.63) is 114 Å². The molecule has 0 bridgehead atoms. The van der Waals surface area contributed by atoms with Crippen molar-refractivity contribution in [1.82, 2.24) is 0 Å². The molecule has 0 heterocycles. The third kappa shape index (κ3) is 5.32. The van der Waals surface area contributed by atoms with E-state index in [1.54, 1.807) is 0 Å². The molecule has 0 aliphatic rings. The van der Waals surface area contributed by atoms with Crippen molar-refractivity contribution in [2.24, 2.45) is 5.92 Å². The van der Waals surface area contributed by atoms with Crippen molar-refractivity contribution in [3.8, 4) is 0 Å². The van der Waals surface area contributed by atoms with Gasteiger partial charge in [-0.2, -0.15) is 24.1 Å². The van der Waals surface area contributed by atoms with E-state index in [2.05, 4.69) is 111 Å². The summed E-state index contributed by atoms with van der Waals surface area (Å²) < 4.78 is 0. The quantitative estimate of drug-likeness (QED) is 0.425. The Bertz CT molecular complexity index is 726. The molecular formula is C26H29Li. The number of benzene rings is 3. The molecule has 0 aliphatic heterocycles. The fraction of sp³-hybridized carbons (Fsp3) is 0.269. The summed E-state index contributed by atoms with van der Waals surface area (Å²) in [5.74, 6) is 0.666. The maximum Gasteiger partial charge on any atom is 1.00 e. The maximum absolute atomic E-state index is 2.41. The molecule has 0 N–H and O–H groups in total. The average molecular weight is 348 g/mol. The van der Waals surface area contributed by atoms with E-state index in [0.29, 0.717) is 5.92 Å². The third-order valence-electron chi connectivity index (χ3n) is 5.53. The molecule has 0 nitrogen and oxygen atoms in total. The van der Waals surface area contributed by atoms with E-state index in [1.807, 2.05) is 0 Å². The van der Waals surface area contributed by atoms with Crippen molar-refractivity contribution < 1.29 is 18.9 Å². The molecule has 1 atom stereocenters. The predicted octanol–water partition coefficient (Wildman–Crippen LogP) is 4.06. The zero-order chi connectivity index (χ0) is 18.2. The second-order valence-electron chi connectivity index (χ2n) is 7.35. The van der Waals surface area contributed by atoms with E-state index in [-0.39, 0.29) is 24.3 Å². The molecule has 3 aromatic carbocycles. The second-order valence-corrected chi connectivity index (χ2v) is 7.35. The van der Waals surface area contributed by atoms with Gasteiger partial charge in [0.05, 0.1) is 0 Å². The summed E-state index contributed by atoms with van der Waals surface area (Å²) in [5, 5.41) is 0. The third-order valence-corrected chi connectivity index (χ3v) is 5.53. The molecule has 0 amide bonds. The summed E-state index contributed by atoms with van der Waals surface area (Å²) >= 11 is 0. The van der Waals surface area contributed by atoms with E-state index < -0.39 is 0 Å². The summed E-state index contributed by atoms with van der Waals surface area (Å²) in [4.78, 5) is 0. The Hall–Kier alpha value is -1.87. The first kappa shape index (κ1) is 21.4. The van der Waals surface area contributed by atoms with Crippen LogP contribution < -0.4 is 18.9 Å². The van der Waals surface area contributed by atoms with Gasteiger partial charge in [-0.3, -0.25) is 0 Å². The molecule has 27 heavy (non-hydrogen) atoms. The van der Waals surface area contributed by atoms with Crippen LogP contribution in [-0.2, 0) is 5.41 Å². The average Bonchev–Trinajstić information content (AvgIpc) is 2.73. The minimum Gasteiger partial charge on any atom is -0.192 e. The van der Waals surface area contributed by atoms with Crippen LogP contribution in [0.3, 0.4) is 0 Å². The minimum atomic E-state index is 0. The fourth-order valence-corrected chi connectivity index (χ4v) is 3.86.